The molecular weight excluding hydrogens is 550 g/mol. The number of rotatable bonds is 12. The summed E-state index contributed by atoms with van der Waals surface area (Å²) in [5.41, 5.74) is -0.480. The molecule has 0 aliphatic carbocycles. The molecule has 0 radical (unpaired) electrons. The summed E-state index contributed by atoms with van der Waals surface area (Å²) >= 11 is 0. The second-order valence-corrected chi connectivity index (χ2v) is 8.53. The van der Waals surface area contributed by atoms with Crippen molar-refractivity contribution in [2.75, 3.05) is 39.1 Å². The number of hydrogen-bond donors (Lipinski definition) is 2. The lowest BCUT2D eigenvalue weighted by Crippen LogP contribution is -2.28. The molecule has 0 atom stereocenters. The van der Waals surface area contributed by atoms with Gasteiger partial charge in [0.1, 0.15) is 11.5 Å². The topological polar surface area (TPSA) is 176 Å². The summed E-state index contributed by atoms with van der Waals surface area (Å²) in [5.74, 6) is -4.82. The Morgan fingerprint density at radius 3 is 1.26 bits per heavy atom. The highest BCUT2D eigenvalue weighted by Gasteiger charge is 2.27. The van der Waals surface area contributed by atoms with Crippen molar-refractivity contribution in [2.24, 2.45) is 0 Å². The van der Waals surface area contributed by atoms with E-state index in [1.54, 1.807) is 24.3 Å². The molecule has 0 saturated carbocycles. The number of carbonyl (C=O) groups excluding carboxylic acids is 6. The van der Waals surface area contributed by atoms with E-state index in [0.717, 1.165) is 20.3 Å². The third-order valence-corrected chi connectivity index (χ3v) is 5.85. The Bertz CT molecular complexity index is 1410. The van der Waals surface area contributed by atoms with Crippen molar-refractivity contribution < 1.29 is 47.7 Å². The smallest absolute Gasteiger partial charge is 0.339 e. The monoisotopic (exact) mass is 577 g/mol. The van der Waals surface area contributed by atoms with E-state index < -0.39 is 48.2 Å². The number of anilines is 2. The van der Waals surface area contributed by atoms with Crippen molar-refractivity contribution in [1.82, 2.24) is 4.98 Å². The molecule has 3 aromatic rings. The summed E-state index contributed by atoms with van der Waals surface area (Å²) < 4.78 is 19.6. The van der Waals surface area contributed by atoms with Gasteiger partial charge in [0.2, 0.25) is 11.6 Å². The van der Waals surface area contributed by atoms with Gasteiger partial charge in [-0.2, -0.15) is 0 Å². The van der Waals surface area contributed by atoms with Crippen molar-refractivity contribution in [1.29, 1.82) is 0 Å². The predicted octanol–water partition coefficient (Wildman–Crippen LogP) is 2.17. The van der Waals surface area contributed by atoms with Gasteiger partial charge in [-0.1, -0.05) is 0 Å². The molecule has 42 heavy (non-hydrogen) atoms. The molecule has 0 fully saturated rings. The number of carbonyl (C=O) groups is 6. The lowest BCUT2D eigenvalue weighted by atomic mass is 10.0. The molecule has 0 unspecified atom stereocenters. The minimum Gasteiger partial charge on any atom is -0.497 e. The maximum atomic E-state index is 12.8. The lowest BCUT2D eigenvalue weighted by Gasteiger charge is -2.13. The number of aromatic nitrogens is 1. The fourth-order valence-electron chi connectivity index (χ4n) is 3.65. The van der Waals surface area contributed by atoms with Crippen molar-refractivity contribution in [3.8, 4) is 11.5 Å². The number of nitrogens with one attached hydrogen (secondary N) is 2. The zero-order chi connectivity index (χ0) is 30.8. The maximum Gasteiger partial charge on any atom is 0.339 e. The van der Waals surface area contributed by atoms with Crippen molar-refractivity contribution in [3.05, 3.63) is 77.1 Å². The lowest BCUT2D eigenvalue weighted by molar-refractivity contribution is -0.134. The number of methoxy groups -OCH3 is 4. The highest BCUT2D eigenvalue weighted by Crippen LogP contribution is 2.20. The van der Waals surface area contributed by atoms with Crippen LogP contribution in [-0.4, -0.2) is 68.7 Å². The second kappa shape index (κ2) is 14.2. The molecule has 2 N–H and O–H groups in total. The summed E-state index contributed by atoms with van der Waals surface area (Å²) in [4.78, 5) is 80.0. The largest absolute Gasteiger partial charge is 0.497 e. The Balaban J connectivity index is 1.88. The standard InChI is InChI=1S/C29H27N3O10/c1-39-18-9-5-16(6-10-18)30-26(35)24(33)14-22-20(28(37)41-3)13-21(29(38)42-4)23(32-22)15-25(34)27(36)31-17-7-11-19(40-2)12-8-17/h5-13H,14-15H2,1-4H3,(H,30,35)(H,31,36). The van der Waals surface area contributed by atoms with Crippen LogP contribution in [0.15, 0.2) is 54.6 Å². The Kier molecular flexibility index (Phi) is 10.4. The van der Waals surface area contributed by atoms with Gasteiger partial charge in [-0.25, -0.2) is 9.59 Å². The van der Waals surface area contributed by atoms with E-state index in [2.05, 4.69) is 15.6 Å². The quantitative estimate of drug-likeness (QED) is 0.238. The van der Waals surface area contributed by atoms with Gasteiger partial charge in [-0.3, -0.25) is 24.2 Å². The Morgan fingerprint density at radius 2 is 0.952 bits per heavy atom. The van der Waals surface area contributed by atoms with Gasteiger partial charge in [0.05, 0.1) is 63.8 Å². The number of esters is 2. The molecule has 1 heterocycles. The van der Waals surface area contributed by atoms with Crippen molar-refractivity contribution in [2.45, 2.75) is 12.8 Å². The SMILES string of the molecule is COC(=O)c1cc(C(=O)OC)c(CC(=O)C(=O)Nc2ccc(OC)cc2)nc1CC(=O)C(=O)Nc1ccc(OC)cc1. The maximum absolute atomic E-state index is 12.8. The van der Waals surface area contributed by atoms with Crippen LogP contribution in [0, 0.1) is 0 Å². The predicted molar refractivity (Wildman–Crippen MR) is 148 cm³/mol. The number of benzene rings is 2. The molecule has 0 aliphatic heterocycles. The zero-order valence-corrected chi connectivity index (χ0v) is 23.1. The van der Waals surface area contributed by atoms with Crippen LogP contribution in [-0.2, 0) is 41.5 Å². The van der Waals surface area contributed by atoms with E-state index in [-0.39, 0.29) is 22.5 Å². The minimum atomic E-state index is -1.01. The summed E-state index contributed by atoms with van der Waals surface area (Å²) in [7, 11) is 5.10. The summed E-state index contributed by atoms with van der Waals surface area (Å²) in [6.45, 7) is 0. The van der Waals surface area contributed by atoms with Crippen LogP contribution in [0.3, 0.4) is 0 Å². The molecule has 13 nitrogen and oxygen atoms in total. The highest BCUT2D eigenvalue weighted by atomic mass is 16.5. The third kappa shape index (κ3) is 7.75. The number of hydrogen-bond acceptors (Lipinski definition) is 11. The number of ketones is 2. The van der Waals surface area contributed by atoms with Gasteiger partial charge in [-0.05, 0) is 54.6 Å². The zero-order valence-electron chi connectivity index (χ0n) is 23.1. The second-order valence-electron chi connectivity index (χ2n) is 8.53. The molecule has 0 saturated heterocycles. The van der Waals surface area contributed by atoms with E-state index >= 15 is 0 Å². The van der Waals surface area contributed by atoms with E-state index in [0.29, 0.717) is 22.9 Å². The molecule has 3 rings (SSSR count). The number of ether oxygens (including phenoxy) is 4. The number of nitrogens with zero attached hydrogens (tertiary/aromatic N) is 1. The van der Waals surface area contributed by atoms with Gasteiger partial charge in [-0.15, -0.1) is 0 Å². The average Bonchev–Trinajstić information content (AvgIpc) is 3.00. The van der Waals surface area contributed by atoms with Crippen LogP contribution in [0.2, 0.25) is 0 Å². The van der Waals surface area contributed by atoms with E-state index in [1.165, 1.54) is 38.5 Å². The summed E-state index contributed by atoms with van der Waals surface area (Å²) in [5, 5.41) is 4.86. The van der Waals surface area contributed by atoms with E-state index in [9.17, 15) is 28.8 Å². The molecule has 0 aliphatic rings. The van der Waals surface area contributed by atoms with Crippen LogP contribution in [0.25, 0.3) is 0 Å². The highest BCUT2D eigenvalue weighted by molar-refractivity contribution is 6.41. The average molecular weight is 578 g/mol. The fraction of sp³-hybridized carbons (Fsp3) is 0.207. The molecule has 0 spiro atoms. The van der Waals surface area contributed by atoms with Crippen LogP contribution < -0.4 is 20.1 Å². The molecule has 2 amide bonds. The third-order valence-electron chi connectivity index (χ3n) is 5.85. The van der Waals surface area contributed by atoms with Crippen LogP contribution in [0.1, 0.15) is 32.1 Å². The van der Waals surface area contributed by atoms with Crippen molar-refractivity contribution in [3.63, 3.8) is 0 Å². The molecule has 0 bridgehead atoms. The summed E-state index contributed by atoms with van der Waals surface area (Å²) in [6.07, 6.45) is -1.37. The van der Waals surface area contributed by atoms with Gasteiger partial charge in [0, 0.05) is 11.4 Å². The van der Waals surface area contributed by atoms with Gasteiger partial charge < -0.3 is 29.6 Å². The molecule has 1 aromatic heterocycles. The first-order valence-electron chi connectivity index (χ1n) is 12.3. The van der Waals surface area contributed by atoms with Crippen molar-refractivity contribution >= 4 is 46.7 Å². The molecule has 2 aromatic carbocycles. The first-order chi connectivity index (χ1) is 20.1. The molecule has 13 heteroatoms. The normalized spacial score (nSPS) is 10.2. The first-order valence-corrected chi connectivity index (χ1v) is 12.3. The molecular formula is C29H27N3O10. The number of pyridine rings is 1. The van der Waals surface area contributed by atoms with Crippen LogP contribution >= 0.6 is 0 Å². The minimum absolute atomic E-state index is 0.247. The summed E-state index contributed by atoms with van der Waals surface area (Å²) in [6, 6.07) is 13.4. The van der Waals surface area contributed by atoms with Gasteiger partial charge >= 0.3 is 11.9 Å². The van der Waals surface area contributed by atoms with Gasteiger partial charge in [0.15, 0.2) is 0 Å². The Labute approximate surface area is 240 Å². The first kappa shape index (κ1) is 30.9. The van der Waals surface area contributed by atoms with E-state index in [1.807, 2.05) is 0 Å². The van der Waals surface area contributed by atoms with Gasteiger partial charge in [0.25, 0.3) is 11.8 Å². The van der Waals surface area contributed by atoms with Crippen LogP contribution in [0.5, 0.6) is 11.5 Å². The van der Waals surface area contributed by atoms with E-state index in [4.69, 9.17) is 18.9 Å². The Morgan fingerprint density at radius 1 is 0.595 bits per heavy atom. The van der Waals surface area contributed by atoms with Crippen LogP contribution in [0.4, 0.5) is 11.4 Å². The molecule has 218 valence electrons. The Hall–Kier alpha value is -5.59. The number of amides is 2. The number of Topliss-reactive ketones (excluding diaryl/α,β-unsaturated/α-hetero) is 2. The fourth-order valence-corrected chi connectivity index (χ4v) is 3.65.